The van der Waals surface area contributed by atoms with Crippen molar-refractivity contribution < 1.29 is 14.7 Å². The second-order valence-corrected chi connectivity index (χ2v) is 8.15. The van der Waals surface area contributed by atoms with E-state index in [2.05, 4.69) is 22.8 Å². The van der Waals surface area contributed by atoms with Gasteiger partial charge in [0.05, 0.1) is 18.7 Å². The van der Waals surface area contributed by atoms with Crippen LogP contribution in [0.5, 0.6) is 0 Å². The standard InChI is InChI=1S/C19H27N3O3S/c20-18(25)17-13-8-4-5-9-15(13)26-19(17)22-16(24)10-21-14(11-23)12-6-2-1-3-7-12/h1-2,12,14,21,23H,3-11H2,(H2,20,25)(H,22,24). The maximum Gasteiger partial charge on any atom is 0.251 e. The van der Waals surface area contributed by atoms with Gasteiger partial charge in [-0.2, -0.15) is 0 Å². The molecule has 2 aliphatic rings. The molecule has 26 heavy (non-hydrogen) atoms. The molecule has 0 fully saturated rings. The summed E-state index contributed by atoms with van der Waals surface area (Å²) in [5.41, 5.74) is 7.06. The van der Waals surface area contributed by atoms with Crippen molar-refractivity contribution in [1.29, 1.82) is 0 Å². The van der Waals surface area contributed by atoms with Crippen LogP contribution in [0, 0.1) is 5.92 Å². The number of hydrogen-bond acceptors (Lipinski definition) is 5. The van der Waals surface area contributed by atoms with Crippen LogP contribution in [-0.2, 0) is 17.6 Å². The third-order valence-corrected chi connectivity index (χ3v) is 6.48. The van der Waals surface area contributed by atoms with Crippen molar-refractivity contribution in [2.45, 2.75) is 51.0 Å². The first kappa shape index (κ1) is 19.1. The van der Waals surface area contributed by atoms with E-state index < -0.39 is 5.91 Å². The largest absolute Gasteiger partial charge is 0.395 e. The monoisotopic (exact) mass is 377 g/mol. The summed E-state index contributed by atoms with van der Waals surface area (Å²) in [7, 11) is 0. The Morgan fingerprint density at radius 1 is 1.31 bits per heavy atom. The number of nitrogens with two attached hydrogens (primary N) is 1. The molecule has 0 spiro atoms. The van der Waals surface area contributed by atoms with Crippen molar-refractivity contribution in [3.8, 4) is 0 Å². The van der Waals surface area contributed by atoms with E-state index in [1.165, 1.54) is 11.3 Å². The minimum Gasteiger partial charge on any atom is -0.395 e. The molecule has 0 saturated carbocycles. The van der Waals surface area contributed by atoms with Crippen LogP contribution in [0.15, 0.2) is 12.2 Å². The van der Waals surface area contributed by atoms with Gasteiger partial charge in [0.1, 0.15) is 5.00 Å². The zero-order valence-electron chi connectivity index (χ0n) is 14.9. The molecule has 6 nitrogen and oxygen atoms in total. The summed E-state index contributed by atoms with van der Waals surface area (Å²) in [5, 5.41) is 16.2. The van der Waals surface area contributed by atoms with Gasteiger partial charge in [0.25, 0.3) is 5.91 Å². The summed E-state index contributed by atoms with van der Waals surface area (Å²) in [6, 6.07) is -0.0992. The van der Waals surface area contributed by atoms with E-state index in [9.17, 15) is 14.7 Å². The summed E-state index contributed by atoms with van der Waals surface area (Å²) in [4.78, 5) is 25.4. The number of thiophene rings is 1. The lowest BCUT2D eigenvalue weighted by Gasteiger charge is -2.27. The third-order valence-electron chi connectivity index (χ3n) is 5.27. The van der Waals surface area contributed by atoms with Crippen LogP contribution in [0.1, 0.15) is 52.9 Å². The van der Waals surface area contributed by atoms with Crippen LogP contribution < -0.4 is 16.4 Å². The number of aryl methyl sites for hydroxylation is 1. The van der Waals surface area contributed by atoms with Gasteiger partial charge in [-0.05, 0) is 56.4 Å². The van der Waals surface area contributed by atoms with Gasteiger partial charge in [-0.1, -0.05) is 12.2 Å². The number of fused-ring (bicyclic) bond motifs is 1. The number of carbonyl (C=O) groups excluding carboxylic acids is 2. The van der Waals surface area contributed by atoms with Crippen molar-refractivity contribution in [3.05, 3.63) is 28.2 Å². The molecule has 7 heteroatoms. The minimum atomic E-state index is -0.477. The van der Waals surface area contributed by atoms with Crippen LogP contribution in [0.2, 0.25) is 0 Å². The third kappa shape index (κ3) is 4.34. The lowest BCUT2D eigenvalue weighted by Crippen LogP contribution is -2.43. The van der Waals surface area contributed by atoms with E-state index in [1.54, 1.807) is 0 Å². The highest BCUT2D eigenvalue weighted by atomic mass is 32.1. The number of aliphatic hydroxyl groups excluding tert-OH is 1. The zero-order chi connectivity index (χ0) is 18.5. The number of hydrogen-bond donors (Lipinski definition) is 4. The summed E-state index contributed by atoms with van der Waals surface area (Å²) in [6.45, 7) is 0.109. The number of carbonyl (C=O) groups is 2. The molecule has 2 aliphatic carbocycles. The van der Waals surface area contributed by atoms with Gasteiger partial charge in [-0.25, -0.2) is 0 Å². The Morgan fingerprint density at radius 3 is 2.81 bits per heavy atom. The molecule has 1 heterocycles. The van der Waals surface area contributed by atoms with Crippen molar-refractivity contribution in [2.75, 3.05) is 18.5 Å². The SMILES string of the molecule is NC(=O)c1c(NC(=O)CNC(CO)C2CC=CCC2)sc2c1CCCC2. The molecule has 0 aromatic carbocycles. The number of anilines is 1. The first-order chi connectivity index (χ1) is 12.6. The first-order valence-electron chi connectivity index (χ1n) is 9.33. The molecule has 0 saturated heterocycles. The highest BCUT2D eigenvalue weighted by molar-refractivity contribution is 7.17. The van der Waals surface area contributed by atoms with Gasteiger partial charge in [-0.15, -0.1) is 11.3 Å². The lowest BCUT2D eigenvalue weighted by molar-refractivity contribution is -0.115. The Kier molecular flexibility index (Phi) is 6.45. The number of aliphatic hydroxyl groups is 1. The highest BCUT2D eigenvalue weighted by Crippen LogP contribution is 2.37. The van der Waals surface area contributed by atoms with E-state index in [0.29, 0.717) is 16.5 Å². The summed E-state index contributed by atoms with van der Waals surface area (Å²) >= 11 is 1.47. The number of nitrogens with one attached hydrogen (secondary N) is 2. The number of rotatable bonds is 7. The van der Waals surface area contributed by atoms with Crippen LogP contribution in [0.3, 0.4) is 0 Å². The van der Waals surface area contributed by atoms with E-state index in [0.717, 1.165) is 55.4 Å². The number of primary amides is 1. The Bertz CT molecular complexity index is 698. The van der Waals surface area contributed by atoms with E-state index in [1.807, 2.05) is 0 Å². The van der Waals surface area contributed by atoms with Crippen LogP contribution in [-0.4, -0.2) is 36.1 Å². The Morgan fingerprint density at radius 2 is 2.12 bits per heavy atom. The minimum absolute atomic E-state index is 0.00558. The number of allylic oxidation sites excluding steroid dienone is 2. The first-order valence-corrected chi connectivity index (χ1v) is 10.1. The summed E-state index contributed by atoms with van der Waals surface area (Å²) in [6.07, 6.45) is 11.2. The zero-order valence-corrected chi connectivity index (χ0v) is 15.7. The van der Waals surface area contributed by atoms with Gasteiger partial charge in [0.2, 0.25) is 5.91 Å². The maximum absolute atomic E-state index is 12.4. The Balaban J connectivity index is 1.62. The second-order valence-electron chi connectivity index (χ2n) is 7.04. The van der Waals surface area contributed by atoms with Gasteiger partial charge in [0, 0.05) is 10.9 Å². The highest BCUT2D eigenvalue weighted by Gasteiger charge is 2.26. The van der Waals surface area contributed by atoms with E-state index in [-0.39, 0.29) is 25.1 Å². The molecule has 1 aromatic heterocycles. The van der Waals surface area contributed by atoms with Crippen molar-refractivity contribution >= 4 is 28.2 Å². The molecule has 0 radical (unpaired) electrons. The van der Waals surface area contributed by atoms with E-state index in [4.69, 9.17) is 5.73 Å². The summed E-state index contributed by atoms with van der Waals surface area (Å²) in [5.74, 6) is -0.348. The van der Waals surface area contributed by atoms with Gasteiger partial charge in [-0.3, -0.25) is 9.59 Å². The Labute approximate surface area is 157 Å². The molecular formula is C19H27N3O3S. The maximum atomic E-state index is 12.4. The molecule has 2 atom stereocenters. The topological polar surface area (TPSA) is 104 Å². The molecule has 0 bridgehead atoms. The average Bonchev–Trinajstić information content (AvgIpc) is 3.01. The van der Waals surface area contributed by atoms with Crippen molar-refractivity contribution in [2.24, 2.45) is 11.7 Å². The second kappa shape index (κ2) is 8.79. The number of amides is 2. The van der Waals surface area contributed by atoms with Gasteiger partial charge >= 0.3 is 0 Å². The molecular weight excluding hydrogens is 350 g/mol. The van der Waals surface area contributed by atoms with Gasteiger partial charge in [0.15, 0.2) is 0 Å². The normalized spacial score (nSPS) is 20.4. The summed E-state index contributed by atoms with van der Waals surface area (Å²) < 4.78 is 0. The smallest absolute Gasteiger partial charge is 0.251 e. The van der Waals surface area contributed by atoms with Crippen LogP contribution >= 0.6 is 11.3 Å². The average molecular weight is 378 g/mol. The fourth-order valence-corrected chi connectivity index (χ4v) is 5.18. The molecule has 5 N–H and O–H groups in total. The van der Waals surface area contributed by atoms with Gasteiger partial charge < -0.3 is 21.5 Å². The fourth-order valence-electron chi connectivity index (χ4n) is 3.87. The van der Waals surface area contributed by atoms with Crippen LogP contribution in [0.4, 0.5) is 5.00 Å². The van der Waals surface area contributed by atoms with Crippen molar-refractivity contribution in [3.63, 3.8) is 0 Å². The quantitative estimate of drug-likeness (QED) is 0.545. The predicted molar refractivity (Wildman–Crippen MR) is 103 cm³/mol. The molecule has 2 amide bonds. The lowest BCUT2D eigenvalue weighted by atomic mass is 9.88. The molecule has 1 aromatic rings. The van der Waals surface area contributed by atoms with Crippen LogP contribution in [0.25, 0.3) is 0 Å². The molecule has 0 aliphatic heterocycles. The molecule has 3 rings (SSSR count). The molecule has 142 valence electrons. The van der Waals surface area contributed by atoms with Crippen molar-refractivity contribution in [1.82, 2.24) is 5.32 Å². The predicted octanol–water partition coefficient (Wildman–Crippen LogP) is 1.97. The molecule has 2 unspecified atom stereocenters. The Hall–Kier alpha value is -1.70. The fraction of sp³-hybridized carbons (Fsp3) is 0.579. The van der Waals surface area contributed by atoms with E-state index >= 15 is 0 Å².